The first kappa shape index (κ1) is 16.0. The number of halogens is 2. The van der Waals surface area contributed by atoms with Gasteiger partial charge >= 0.3 is 0 Å². The van der Waals surface area contributed by atoms with Crippen molar-refractivity contribution in [2.75, 3.05) is 10.2 Å². The Bertz CT molecular complexity index is 943. The van der Waals surface area contributed by atoms with Gasteiger partial charge in [-0.2, -0.15) is 0 Å². The monoisotopic (exact) mass is 380 g/mol. The maximum absolute atomic E-state index is 6.92. The highest BCUT2D eigenvalue weighted by Gasteiger charge is 2.76. The van der Waals surface area contributed by atoms with Crippen LogP contribution in [-0.2, 0) is 5.54 Å². The van der Waals surface area contributed by atoms with Crippen LogP contribution in [0.2, 0.25) is 0 Å². The number of alkyl halides is 2. The lowest BCUT2D eigenvalue weighted by molar-refractivity contribution is 0.555. The van der Waals surface area contributed by atoms with Gasteiger partial charge in [-0.1, -0.05) is 96.0 Å². The molecule has 3 aromatic carbocycles. The summed E-state index contributed by atoms with van der Waals surface area (Å²) in [5.41, 5.74) is 4.01. The van der Waals surface area contributed by atoms with Crippen molar-refractivity contribution in [1.82, 2.24) is 0 Å². The number of benzene rings is 3. The normalized spacial score (nSPS) is 25.5. The van der Waals surface area contributed by atoms with E-state index in [1.54, 1.807) is 0 Å². The Labute approximate surface area is 163 Å². The molecule has 1 saturated heterocycles. The van der Waals surface area contributed by atoms with Gasteiger partial charge in [0.15, 0.2) is 0 Å². The van der Waals surface area contributed by atoms with Crippen LogP contribution >= 0.6 is 23.2 Å². The van der Waals surface area contributed by atoms with Gasteiger partial charge < -0.3 is 10.2 Å². The second kappa shape index (κ2) is 5.67. The highest BCUT2D eigenvalue weighted by Crippen LogP contribution is 2.71. The number of nitrogens with one attached hydrogen (secondary N) is 1. The molecule has 1 N–H and O–H groups in total. The maximum atomic E-state index is 6.92. The second-order valence-corrected chi connectivity index (χ2v) is 8.22. The number of hydrogen-bond acceptors (Lipinski definition) is 2. The summed E-state index contributed by atoms with van der Waals surface area (Å²) in [6, 6.07) is 29.2. The van der Waals surface area contributed by atoms with E-state index >= 15 is 0 Å². The molecule has 5 rings (SSSR count). The average Bonchev–Trinajstić information content (AvgIpc) is 3.24. The molecule has 0 bridgehead atoms. The number of nitrogens with zero attached hydrogens (tertiary/aromatic N) is 1. The third-order valence-corrected chi connectivity index (χ3v) is 6.50. The van der Waals surface area contributed by atoms with Crippen molar-refractivity contribution in [1.29, 1.82) is 0 Å². The molecule has 0 spiro atoms. The van der Waals surface area contributed by atoms with E-state index in [0.29, 0.717) is 0 Å². The summed E-state index contributed by atoms with van der Waals surface area (Å²) in [6.45, 7) is 0. The molecule has 0 saturated carbocycles. The summed E-state index contributed by atoms with van der Waals surface area (Å²) >= 11 is 13.8. The lowest BCUT2D eigenvalue weighted by Crippen LogP contribution is -2.23. The van der Waals surface area contributed by atoms with Crippen molar-refractivity contribution in [2.45, 2.75) is 22.5 Å². The predicted octanol–water partition coefficient (Wildman–Crippen LogP) is 6.09. The van der Waals surface area contributed by atoms with Crippen LogP contribution < -0.4 is 10.2 Å². The lowest BCUT2D eigenvalue weighted by atomic mass is 9.88. The Morgan fingerprint density at radius 2 is 1.42 bits per heavy atom. The van der Waals surface area contributed by atoms with Gasteiger partial charge in [0, 0.05) is 6.42 Å². The van der Waals surface area contributed by atoms with E-state index in [9.17, 15) is 0 Å². The van der Waals surface area contributed by atoms with E-state index in [1.807, 2.05) is 36.4 Å². The largest absolute Gasteiger partial charge is 0.376 e. The Balaban J connectivity index is 1.71. The van der Waals surface area contributed by atoms with Crippen molar-refractivity contribution < 1.29 is 0 Å². The molecular weight excluding hydrogens is 363 g/mol. The number of para-hydroxylation sites is 2. The third kappa shape index (κ3) is 2.12. The number of fused-ring (bicyclic) bond motifs is 3. The Kier molecular flexibility index (Phi) is 3.50. The van der Waals surface area contributed by atoms with Crippen LogP contribution in [0.15, 0.2) is 84.9 Å². The zero-order valence-corrected chi connectivity index (χ0v) is 15.6. The fourth-order valence-electron chi connectivity index (χ4n) is 4.26. The smallest absolute Gasteiger partial charge is 0.219 e. The fourth-order valence-corrected chi connectivity index (χ4v) is 5.19. The average molecular weight is 381 g/mol. The van der Waals surface area contributed by atoms with Crippen LogP contribution in [0.25, 0.3) is 0 Å². The zero-order valence-electron chi connectivity index (χ0n) is 14.1. The van der Waals surface area contributed by atoms with E-state index in [2.05, 4.69) is 58.7 Å². The molecule has 1 fully saturated rings. The van der Waals surface area contributed by atoms with E-state index in [4.69, 9.17) is 23.2 Å². The summed E-state index contributed by atoms with van der Waals surface area (Å²) in [7, 11) is 0. The van der Waals surface area contributed by atoms with E-state index < -0.39 is 10.00 Å². The molecule has 0 aromatic heterocycles. The first-order chi connectivity index (χ1) is 12.6. The summed E-state index contributed by atoms with van der Waals surface area (Å²) in [6.07, 6.45) is 0.780. The van der Waals surface area contributed by atoms with Gasteiger partial charge in [-0.15, -0.1) is 0 Å². The fraction of sp³-hybridized carbons (Fsp3) is 0.182. The van der Waals surface area contributed by atoms with Gasteiger partial charge in [-0.3, -0.25) is 0 Å². The van der Waals surface area contributed by atoms with Crippen LogP contribution in [-0.4, -0.2) is 4.46 Å². The van der Waals surface area contributed by atoms with Crippen molar-refractivity contribution in [3.05, 3.63) is 96.1 Å². The minimum Gasteiger partial charge on any atom is -0.376 e. The molecule has 0 aliphatic carbocycles. The summed E-state index contributed by atoms with van der Waals surface area (Å²) < 4.78 is -0.973. The van der Waals surface area contributed by atoms with Gasteiger partial charge in [0.25, 0.3) is 0 Å². The number of hydrogen-bond donors (Lipinski definition) is 1. The first-order valence-corrected chi connectivity index (χ1v) is 9.54. The maximum Gasteiger partial charge on any atom is 0.219 e. The Morgan fingerprint density at radius 1 is 0.808 bits per heavy atom. The number of rotatable bonds is 2. The molecule has 3 aromatic rings. The molecular formula is C22H18Cl2N2. The van der Waals surface area contributed by atoms with Gasteiger partial charge in [-0.05, 0) is 23.3 Å². The minimum absolute atomic E-state index is 0.113. The molecule has 0 radical (unpaired) electrons. The second-order valence-electron chi connectivity index (χ2n) is 6.93. The van der Waals surface area contributed by atoms with Crippen LogP contribution in [0, 0.1) is 0 Å². The van der Waals surface area contributed by atoms with Crippen LogP contribution in [0.3, 0.4) is 0 Å². The standard InChI is InChI=1S/C22H18Cl2N2/c23-22(24)21(17-11-5-2-6-12-17)15-19(16-9-3-1-4-10-16)25-18-13-7-8-14-20(18)26(21)22/h1-14,19,25H,15H2/t19-,21+,26?/m1/s1. The quantitative estimate of drug-likeness (QED) is 0.328. The number of anilines is 2. The molecule has 2 heterocycles. The van der Waals surface area contributed by atoms with E-state index in [-0.39, 0.29) is 6.04 Å². The minimum atomic E-state index is -0.973. The molecule has 130 valence electrons. The first-order valence-electron chi connectivity index (χ1n) is 8.79. The van der Waals surface area contributed by atoms with E-state index in [0.717, 1.165) is 23.4 Å². The molecule has 26 heavy (non-hydrogen) atoms. The Morgan fingerprint density at radius 3 is 2.15 bits per heavy atom. The lowest BCUT2D eigenvalue weighted by Gasteiger charge is -2.24. The molecule has 0 amide bonds. The van der Waals surface area contributed by atoms with Gasteiger partial charge in [0.2, 0.25) is 4.46 Å². The van der Waals surface area contributed by atoms with Gasteiger partial charge in [0.05, 0.1) is 17.4 Å². The van der Waals surface area contributed by atoms with Crippen molar-refractivity contribution in [3.8, 4) is 0 Å². The van der Waals surface area contributed by atoms with Crippen LogP contribution in [0.4, 0.5) is 11.4 Å². The van der Waals surface area contributed by atoms with Crippen LogP contribution in [0.5, 0.6) is 0 Å². The molecule has 0 unspecified atom stereocenters. The Hall–Kier alpha value is -2.16. The summed E-state index contributed by atoms with van der Waals surface area (Å²) in [4.78, 5) is 2.14. The SMILES string of the molecule is ClC1(Cl)N2c3ccccc3N[C@@H](c3ccccc3)C[C@@]21c1ccccc1. The highest BCUT2D eigenvalue weighted by molar-refractivity contribution is 6.54. The molecule has 2 aliphatic heterocycles. The van der Waals surface area contributed by atoms with Crippen molar-refractivity contribution in [2.24, 2.45) is 0 Å². The van der Waals surface area contributed by atoms with Crippen molar-refractivity contribution >= 4 is 34.6 Å². The van der Waals surface area contributed by atoms with Crippen molar-refractivity contribution in [3.63, 3.8) is 0 Å². The highest BCUT2D eigenvalue weighted by atomic mass is 35.5. The van der Waals surface area contributed by atoms with Crippen LogP contribution in [0.1, 0.15) is 23.6 Å². The van der Waals surface area contributed by atoms with Gasteiger partial charge in [0.1, 0.15) is 5.54 Å². The molecule has 2 nitrogen and oxygen atoms in total. The van der Waals surface area contributed by atoms with Gasteiger partial charge in [-0.25, -0.2) is 0 Å². The molecule has 2 atom stereocenters. The third-order valence-electron chi connectivity index (χ3n) is 5.54. The topological polar surface area (TPSA) is 15.0 Å². The predicted molar refractivity (Wildman–Crippen MR) is 109 cm³/mol. The summed E-state index contributed by atoms with van der Waals surface area (Å²) in [5, 5.41) is 3.71. The molecule has 4 heteroatoms. The zero-order chi connectivity index (χ0) is 17.8. The summed E-state index contributed by atoms with van der Waals surface area (Å²) in [5.74, 6) is 0. The molecule has 2 aliphatic rings. The van der Waals surface area contributed by atoms with E-state index in [1.165, 1.54) is 5.56 Å².